The second-order valence-electron chi connectivity index (χ2n) is 5.19. The third-order valence-electron chi connectivity index (χ3n) is 4.80. The highest BCUT2D eigenvalue weighted by molar-refractivity contribution is 5.96. The third-order valence-corrected chi connectivity index (χ3v) is 4.80. The molecule has 0 unspecified atom stereocenters. The van der Waals surface area contributed by atoms with Crippen molar-refractivity contribution in [3.05, 3.63) is 24.0 Å². The molecule has 2 saturated carbocycles. The van der Waals surface area contributed by atoms with Crippen molar-refractivity contribution in [3.63, 3.8) is 0 Å². The van der Waals surface area contributed by atoms with E-state index in [0.717, 1.165) is 0 Å². The summed E-state index contributed by atoms with van der Waals surface area (Å²) >= 11 is 0. The minimum absolute atomic E-state index is 0.0903. The molecule has 1 N–H and O–H groups in total. The van der Waals surface area contributed by atoms with Gasteiger partial charge in [-0.05, 0) is 30.1 Å². The topological polar surface area (TPSA) is 37.3 Å². The molecule has 0 saturated heterocycles. The number of hydrogen-bond acceptors (Lipinski definition) is 2. The minimum Gasteiger partial charge on any atom is -0.512 e. The second kappa shape index (κ2) is 1.83. The van der Waals surface area contributed by atoms with Crippen molar-refractivity contribution in [3.8, 4) is 0 Å². The van der Waals surface area contributed by atoms with E-state index in [2.05, 4.69) is 12.2 Å². The van der Waals surface area contributed by atoms with Gasteiger partial charge in [0.25, 0.3) is 0 Å². The van der Waals surface area contributed by atoms with Crippen LogP contribution in [0.4, 0.5) is 0 Å². The van der Waals surface area contributed by atoms with Crippen LogP contribution in [0.15, 0.2) is 24.0 Å². The van der Waals surface area contributed by atoms with Crippen LogP contribution in [0.1, 0.15) is 12.8 Å². The lowest BCUT2D eigenvalue weighted by atomic mass is 9.84. The maximum atomic E-state index is 11.7. The molecule has 2 heteroatoms. The number of carbonyl (C=O) groups is 1. The Morgan fingerprint density at radius 1 is 1.21 bits per heavy atom. The van der Waals surface area contributed by atoms with Crippen LogP contribution in [0.25, 0.3) is 0 Å². The van der Waals surface area contributed by atoms with E-state index in [-0.39, 0.29) is 17.6 Å². The SMILES string of the molecule is O=C1C=C(O)[C@@H]2[C@H]1[C@H]1C=C[C@H]2C12CC2. The van der Waals surface area contributed by atoms with E-state index in [9.17, 15) is 9.90 Å². The summed E-state index contributed by atoms with van der Waals surface area (Å²) in [5.74, 6) is 1.64. The van der Waals surface area contributed by atoms with E-state index >= 15 is 0 Å². The number of hydrogen-bond donors (Lipinski definition) is 1. The summed E-state index contributed by atoms with van der Waals surface area (Å²) in [4.78, 5) is 11.7. The van der Waals surface area contributed by atoms with E-state index in [1.165, 1.54) is 18.9 Å². The maximum absolute atomic E-state index is 11.7. The molecule has 2 bridgehead atoms. The summed E-state index contributed by atoms with van der Waals surface area (Å²) in [6, 6.07) is 0. The van der Waals surface area contributed by atoms with Gasteiger partial charge in [-0.2, -0.15) is 0 Å². The van der Waals surface area contributed by atoms with Gasteiger partial charge in [0, 0.05) is 17.9 Å². The third kappa shape index (κ3) is 0.537. The van der Waals surface area contributed by atoms with Crippen molar-refractivity contribution in [1.82, 2.24) is 0 Å². The molecule has 0 aromatic carbocycles. The van der Waals surface area contributed by atoms with E-state index in [4.69, 9.17) is 0 Å². The van der Waals surface area contributed by atoms with Gasteiger partial charge in [-0.1, -0.05) is 12.2 Å². The van der Waals surface area contributed by atoms with Crippen molar-refractivity contribution in [2.45, 2.75) is 12.8 Å². The average Bonchev–Trinajstić information content (AvgIpc) is 2.72. The molecule has 0 radical (unpaired) electrons. The largest absolute Gasteiger partial charge is 0.512 e. The molecule has 0 amide bonds. The molecular weight excluding hydrogens is 176 g/mol. The number of carbonyl (C=O) groups excluding carboxylic acids is 1. The summed E-state index contributed by atoms with van der Waals surface area (Å²) in [5, 5.41) is 9.76. The van der Waals surface area contributed by atoms with Crippen LogP contribution in [0.3, 0.4) is 0 Å². The number of aliphatic hydroxyl groups excluding tert-OH is 1. The van der Waals surface area contributed by atoms with Crippen LogP contribution in [0.2, 0.25) is 0 Å². The van der Waals surface area contributed by atoms with Crippen LogP contribution in [0.5, 0.6) is 0 Å². The first kappa shape index (κ1) is 7.27. The van der Waals surface area contributed by atoms with Crippen molar-refractivity contribution < 1.29 is 9.90 Å². The summed E-state index contributed by atoms with van der Waals surface area (Å²) in [6.45, 7) is 0. The Kier molecular flexibility index (Phi) is 0.952. The average molecular weight is 188 g/mol. The summed E-state index contributed by atoms with van der Waals surface area (Å²) in [6.07, 6.45) is 8.42. The first-order valence-electron chi connectivity index (χ1n) is 5.37. The van der Waals surface area contributed by atoms with Crippen LogP contribution < -0.4 is 0 Å². The fourth-order valence-corrected chi connectivity index (χ4v) is 4.12. The van der Waals surface area contributed by atoms with Crippen molar-refractivity contribution in [2.24, 2.45) is 29.1 Å². The predicted octanol–water partition coefficient (Wildman–Crippen LogP) is 1.84. The molecule has 4 aliphatic carbocycles. The molecule has 4 atom stereocenters. The van der Waals surface area contributed by atoms with Gasteiger partial charge in [-0.3, -0.25) is 4.79 Å². The van der Waals surface area contributed by atoms with E-state index in [0.29, 0.717) is 23.0 Å². The number of aliphatic hydroxyl groups is 1. The van der Waals surface area contributed by atoms with Crippen LogP contribution in [-0.4, -0.2) is 10.9 Å². The number of allylic oxidation sites excluding steroid dienone is 4. The molecule has 72 valence electrons. The Balaban J connectivity index is 1.90. The van der Waals surface area contributed by atoms with Crippen LogP contribution in [-0.2, 0) is 4.79 Å². The first-order chi connectivity index (χ1) is 6.74. The molecule has 1 spiro atoms. The van der Waals surface area contributed by atoms with E-state index in [1.807, 2.05) is 0 Å². The van der Waals surface area contributed by atoms with Crippen molar-refractivity contribution in [1.29, 1.82) is 0 Å². The lowest BCUT2D eigenvalue weighted by Gasteiger charge is -2.19. The monoisotopic (exact) mass is 188 g/mol. The maximum Gasteiger partial charge on any atom is 0.163 e. The Hall–Kier alpha value is -1.05. The molecule has 4 aliphatic rings. The van der Waals surface area contributed by atoms with Gasteiger partial charge in [-0.25, -0.2) is 0 Å². The zero-order valence-electron chi connectivity index (χ0n) is 7.81. The molecule has 0 aromatic heterocycles. The Bertz CT molecular complexity index is 401. The lowest BCUT2D eigenvalue weighted by Crippen LogP contribution is -2.21. The van der Waals surface area contributed by atoms with E-state index < -0.39 is 0 Å². The highest BCUT2D eigenvalue weighted by atomic mass is 16.3. The van der Waals surface area contributed by atoms with Gasteiger partial charge >= 0.3 is 0 Å². The van der Waals surface area contributed by atoms with Gasteiger partial charge < -0.3 is 5.11 Å². The number of fused-ring (bicyclic) bond motifs is 3. The molecular formula is C12H12O2. The molecule has 0 aliphatic heterocycles. The smallest absolute Gasteiger partial charge is 0.163 e. The van der Waals surface area contributed by atoms with Gasteiger partial charge in [0.05, 0.1) is 0 Å². The highest BCUT2D eigenvalue weighted by Crippen LogP contribution is 2.73. The quantitative estimate of drug-likeness (QED) is 0.589. The fraction of sp³-hybridized carbons (Fsp3) is 0.583. The standard InChI is InChI=1S/C12H12O2/c13-8-5-9(14)11-7-2-1-6(10(8)11)12(7)3-4-12/h1-2,5-7,10-11,13H,3-4H2/t6-,7-,10-,11+/m1/s1. The van der Waals surface area contributed by atoms with Gasteiger partial charge in [0.2, 0.25) is 0 Å². The molecule has 2 nitrogen and oxygen atoms in total. The Morgan fingerprint density at radius 3 is 2.43 bits per heavy atom. The summed E-state index contributed by atoms with van der Waals surface area (Å²) in [5.41, 5.74) is 0.396. The Labute approximate surface area is 82.3 Å². The zero-order chi connectivity index (χ0) is 9.50. The van der Waals surface area contributed by atoms with E-state index in [1.54, 1.807) is 0 Å². The Morgan fingerprint density at radius 2 is 1.86 bits per heavy atom. The predicted molar refractivity (Wildman–Crippen MR) is 50.5 cm³/mol. The van der Waals surface area contributed by atoms with Crippen LogP contribution >= 0.6 is 0 Å². The van der Waals surface area contributed by atoms with Crippen LogP contribution in [0, 0.1) is 29.1 Å². The number of rotatable bonds is 0. The molecule has 0 aromatic rings. The summed E-state index contributed by atoms with van der Waals surface area (Å²) in [7, 11) is 0. The molecule has 0 heterocycles. The van der Waals surface area contributed by atoms with Crippen molar-refractivity contribution >= 4 is 5.78 Å². The second-order valence-corrected chi connectivity index (χ2v) is 5.19. The minimum atomic E-state index is 0.0903. The van der Waals surface area contributed by atoms with Gasteiger partial charge in [-0.15, -0.1) is 0 Å². The molecule has 14 heavy (non-hydrogen) atoms. The summed E-state index contributed by atoms with van der Waals surface area (Å²) < 4.78 is 0. The first-order valence-corrected chi connectivity index (χ1v) is 5.37. The van der Waals surface area contributed by atoms with Gasteiger partial charge in [0.15, 0.2) is 5.78 Å². The lowest BCUT2D eigenvalue weighted by molar-refractivity contribution is -0.119. The van der Waals surface area contributed by atoms with Crippen molar-refractivity contribution in [2.75, 3.05) is 0 Å². The molecule has 2 fully saturated rings. The fourth-order valence-electron chi connectivity index (χ4n) is 4.12. The number of ketones is 1. The molecule has 4 rings (SSSR count). The van der Waals surface area contributed by atoms with Gasteiger partial charge in [0.1, 0.15) is 5.76 Å². The zero-order valence-corrected chi connectivity index (χ0v) is 7.81. The highest BCUT2D eigenvalue weighted by Gasteiger charge is 2.70. The normalized spacial score (nSPS) is 50.0.